The second-order valence-corrected chi connectivity index (χ2v) is 3.71. The number of carbonyl (C=O) groups is 2. The van der Waals surface area contributed by atoms with Crippen LogP contribution in [0.1, 0.15) is 13.3 Å². The van der Waals surface area contributed by atoms with Gasteiger partial charge >= 0.3 is 0 Å². The predicted molar refractivity (Wildman–Crippen MR) is 53.0 cm³/mol. The van der Waals surface area contributed by atoms with E-state index in [-0.39, 0.29) is 18.1 Å². The van der Waals surface area contributed by atoms with Crippen LogP contribution >= 0.6 is 11.3 Å². The van der Waals surface area contributed by atoms with Crippen molar-refractivity contribution in [1.82, 2.24) is 0 Å². The lowest BCUT2D eigenvalue weighted by molar-refractivity contribution is -0.125. The summed E-state index contributed by atoms with van der Waals surface area (Å²) in [6.07, 6.45) is -0.0194. The number of amides is 1. The first kappa shape index (κ1) is 9.92. The standard InChI is InChI=1S/C9H11NO2S/c1-7(11)6-8(12)10(2)9-4-3-5-13-9/h3-5H,6H2,1-2H3. The summed E-state index contributed by atoms with van der Waals surface area (Å²) in [6, 6.07) is 3.72. The van der Waals surface area contributed by atoms with Gasteiger partial charge in [0, 0.05) is 7.05 Å². The normalized spacial score (nSPS) is 9.69. The maximum absolute atomic E-state index is 11.4. The molecule has 0 bridgehead atoms. The average Bonchev–Trinajstić information content (AvgIpc) is 2.53. The van der Waals surface area contributed by atoms with Crippen LogP contribution in [0.4, 0.5) is 5.00 Å². The van der Waals surface area contributed by atoms with Gasteiger partial charge in [0.15, 0.2) is 0 Å². The summed E-state index contributed by atoms with van der Waals surface area (Å²) >= 11 is 1.48. The van der Waals surface area contributed by atoms with Crippen molar-refractivity contribution >= 4 is 28.0 Å². The molecule has 1 amide bonds. The van der Waals surface area contributed by atoms with Gasteiger partial charge in [0.25, 0.3) is 0 Å². The minimum absolute atomic E-state index is 0.0194. The minimum Gasteiger partial charge on any atom is -0.307 e. The smallest absolute Gasteiger partial charge is 0.234 e. The van der Waals surface area contributed by atoms with E-state index in [0.717, 1.165) is 5.00 Å². The van der Waals surface area contributed by atoms with E-state index in [9.17, 15) is 9.59 Å². The molecule has 1 heterocycles. The monoisotopic (exact) mass is 197 g/mol. The van der Waals surface area contributed by atoms with E-state index in [1.165, 1.54) is 23.2 Å². The van der Waals surface area contributed by atoms with E-state index in [2.05, 4.69) is 0 Å². The number of anilines is 1. The summed E-state index contributed by atoms with van der Waals surface area (Å²) in [5.74, 6) is -0.261. The molecule has 0 saturated carbocycles. The number of carbonyl (C=O) groups excluding carboxylic acids is 2. The van der Waals surface area contributed by atoms with E-state index < -0.39 is 0 Å². The molecule has 0 aromatic carbocycles. The van der Waals surface area contributed by atoms with E-state index in [1.807, 2.05) is 17.5 Å². The Hall–Kier alpha value is -1.16. The van der Waals surface area contributed by atoms with Crippen molar-refractivity contribution in [3.8, 4) is 0 Å². The average molecular weight is 197 g/mol. The third-order valence-corrected chi connectivity index (χ3v) is 2.56. The summed E-state index contributed by atoms with van der Waals surface area (Å²) in [7, 11) is 1.68. The molecule has 0 aliphatic carbocycles. The molecule has 1 rings (SSSR count). The van der Waals surface area contributed by atoms with Crippen molar-refractivity contribution in [2.75, 3.05) is 11.9 Å². The fourth-order valence-corrected chi connectivity index (χ4v) is 1.63. The minimum atomic E-state index is -0.157. The topological polar surface area (TPSA) is 37.4 Å². The number of hydrogen-bond donors (Lipinski definition) is 0. The molecular formula is C9H11NO2S. The second kappa shape index (κ2) is 4.18. The van der Waals surface area contributed by atoms with Crippen LogP contribution in [0, 0.1) is 0 Å². The van der Waals surface area contributed by atoms with E-state index >= 15 is 0 Å². The highest BCUT2D eigenvalue weighted by Gasteiger charge is 2.12. The van der Waals surface area contributed by atoms with E-state index in [0.29, 0.717) is 0 Å². The molecule has 0 N–H and O–H groups in total. The zero-order valence-corrected chi connectivity index (χ0v) is 8.43. The molecule has 4 heteroatoms. The quantitative estimate of drug-likeness (QED) is 0.691. The Labute approximate surface area is 81.0 Å². The summed E-state index contributed by atoms with van der Waals surface area (Å²) in [4.78, 5) is 23.6. The first-order chi connectivity index (χ1) is 6.11. The molecule has 0 atom stereocenters. The van der Waals surface area contributed by atoms with Crippen LogP contribution in [0.25, 0.3) is 0 Å². The zero-order valence-electron chi connectivity index (χ0n) is 7.61. The van der Waals surface area contributed by atoms with Crippen LogP contribution in [0.3, 0.4) is 0 Å². The molecule has 0 saturated heterocycles. The van der Waals surface area contributed by atoms with Crippen LogP contribution in [-0.4, -0.2) is 18.7 Å². The van der Waals surface area contributed by atoms with Gasteiger partial charge in [-0.25, -0.2) is 0 Å². The zero-order chi connectivity index (χ0) is 9.84. The molecule has 1 aromatic heterocycles. The molecule has 0 unspecified atom stereocenters. The maximum atomic E-state index is 11.4. The number of rotatable bonds is 3. The second-order valence-electron chi connectivity index (χ2n) is 2.78. The number of ketones is 1. The number of thiophene rings is 1. The van der Waals surface area contributed by atoms with Gasteiger partial charge in [-0.3, -0.25) is 9.59 Å². The van der Waals surface area contributed by atoms with Crippen molar-refractivity contribution in [3.63, 3.8) is 0 Å². The van der Waals surface area contributed by atoms with Crippen LogP contribution in [-0.2, 0) is 9.59 Å². The van der Waals surface area contributed by atoms with E-state index in [1.54, 1.807) is 7.05 Å². The number of Topliss-reactive ketones (excluding diaryl/α,β-unsaturated/α-hetero) is 1. The molecule has 1 aromatic rings. The highest BCUT2D eigenvalue weighted by molar-refractivity contribution is 7.14. The van der Waals surface area contributed by atoms with Crippen LogP contribution in [0.2, 0.25) is 0 Å². The van der Waals surface area contributed by atoms with Crippen LogP contribution in [0.15, 0.2) is 17.5 Å². The Kier molecular flexibility index (Phi) is 3.19. The first-order valence-electron chi connectivity index (χ1n) is 3.90. The van der Waals surface area contributed by atoms with Gasteiger partial charge < -0.3 is 4.90 Å². The highest BCUT2D eigenvalue weighted by Crippen LogP contribution is 2.20. The lowest BCUT2D eigenvalue weighted by Gasteiger charge is -2.13. The summed E-state index contributed by atoms with van der Waals surface area (Å²) in [5, 5.41) is 2.76. The van der Waals surface area contributed by atoms with Crippen LogP contribution in [0.5, 0.6) is 0 Å². The molecule has 0 fully saturated rings. The summed E-state index contributed by atoms with van der Waals surface area (Å²) in [5.41, 5.74) is 0. The Morgan fingerprint density at radius 3 is 2.69 bits per heavy atom. The molecular weight excluding hydrogens is 186 g/mol. The van der Waals surface area contributed by atoms with Gasteiger partial charge in [-0.1, -0.05) is 0 Å². The van der Waals surface area contributed by atoms with Crippen molar-refractivity contribution in [3.05, 3.63) is 17.5 Å². The number of nitrogens with zero attached hydrogens (tertiary/aromatic N) is 1. The molecule has 0 spiro atoms. The third kappa shape index (κ3) is 2.66. The molecule has 0 radical (unpaired) electrons. The maximum Gasteiger partial charge on any atom is 0.234 e. The third-order valence-electron chi connectivity index (χ3n) is 1.61. The van der Waals surface area contributed by atoms with Gasteiger partial charge in [0.2, 0.25) is 5.91 Å². The first-order valence-corrected chi connectivity index (χ1v) is 4.78. The van der Waals surface area contributed by atoms with Gasteiger partial charge in [-0.15, -0.1) is 11.3 Å². The fourth-order valence-electron chi connectivity index (χ4n) is 0.915. The van der Waals surface area contributed by atoms with Gasteiger partial charge in [-0.2, -0.15) is 0 Å². The van der Waals surface area contributed by atoms with E-state index in [4.69, 9.17) is 0 Å². The Bertz CT molecular complexity index is 305. The molecule has 0 aliphatic rings. The summed E-state index contributed by atoms with van der Waals surface area (Å²) in [6.45, 7) is 1.42. The van der Waals surface area contributed by atoms with Gasteiger partial charge in [0.1, 0.15) is 5.78 Å². The highest BCUT2D eigenvalue weighted by atomic mass is 32.1. The van der Waals surface area contributed by atoms with Crippen molar-refractivity contribution in [2.45, 2.75) is 13.3 Å². The predicted octanol–water partition coefficient (Wildman–Crippen LogP) is 1.69. The Morgan fingerprint density at radius 2 is 2.23 bits per heavy atom. The lowest BCUT2D eigenvalue weighted by atomic mass is 10.3. The SMILES string of the molecule is CC(=O)CC(=O)N(C)c1cccs1. The van der Waals surface area contributed by atoms with Crippen molar-refractivity contribution in [1.29, 1.82) is 0 Å². The van der Waals surface area contributed by atoms with Gasteiger partial charge in [0.05, 0.1) is 11.4 Å². The molecule has 0 aliphatic heterocycles. The molecule has 13 heavy (non-hydrogen) atoms. The number of hydrogen-bond acceptors (Lipinski definition) is 3. The lowest BCUT2D eigenvalue weighted by Crippen LogP contribution is -2.26. The van der Waals surface area contributed by atoms with Crippen LogP contribution < -0.4 is 4.90 Å². The Balaban J connectivity index is 2.63. The molecule has 70 valence electrons. The molecule has 3 nitrogen and oxygen atoms in total. The fraction of sp³-hybridized carbons (Fsp3) is 0.333. The van der Waals surface area contributed by atoms with Gasteiger partial charge in [-0.05, 0) is 24.4 Å². The van der Waals surface area contributed by atoms with Crippen molar-refractivity contribution in [2.24, 2.45) is 0 Å². The van der Waals surface area contributed by atoms with Crippen molar-refractivity contribution < 1.29 is 9.59 Å². The summed E-state index contributed by atoms with van der Waals surface area (Å²) < 4.78 is 0. The Morgan fingerprint density at radius 1 is 1.54 bits per heavy atom. The largest absolute Gasteiger partial charge is 0.307 e.